The van der Waals surface area contributed by atoms with Crippen molar-refractivity contribution in [2.75, 3.05) is 11.1 Å². The Morgan fingerprint density at radius 2 is 1.74 bits per heavy atom. The molecule has 2 nitrogen and oxygen atoms in total. The summed E-state index contributed by atoms with van der Waals surface area (Å²) in [6, 6.07) is 12.5. The van der Waals surface area contributed by atoms with Gasteiger partial charge in [-0.25, -0.2) is 0 Å². The van der Waals surface area contributed by atoms with Crippen LogP contribution in [0.15, 0.2) is 53.0 Å². The van der Waals surface area contributed by atoms with Crippen LogP contribution >= 0.6 is 27.7 Å². The molecule has 2 aromatic rings. The van der Waals surface area contributed by atoms with E-state index in [1.54, 1.807) is 0 Å². The smallest absolute Gasteiger partial charge is 0.325 e. The first-order valence-electron chi connectivity index (χ1n) is 6.65. The highest BCUT2D eigenvalue weighted by Crippen LogP contribution is 2.34. The third kappa shape index (κ3) is 5.28. The van der Waals surface area contributed by atoms with Crippen molar-refractivity contribution in [3.63, 3.8) is 0 Å². The molecule has 2 aromatic carbocycles. The second-order valence-electron chi connectivity index (χ2n) is 4.68. The van der Waals surface area contributed by atoms with Gasteiger partial charge in [0.25, 0.3) is 0 Å². The van der Waals surface area contributed by atoms with E-state index in [9.17, 15) is 18.0 Å². The topological polar surface area (TPSA) is 29.1 Å². The standard InChI is InChI=1S/C16H13BrF3NOS/c17-13-7-3-1-5-11(13)9-23-10-15(22)21-14-8-4-2-6-12(14)16(18,19)20/h1-8H,9-10H2,(H,21,22). The lowest BCUT2D eigenvalue weighted by molar-refractivity contribution is -0.137. The lowest BCUT2D eigenvalue weighted by Gasteiger charge is -2.13. The van der Waals surface area contributed by atoms with Crippen molar-refractivity contribution in [1.29, 1.82) is 0 Å². The van der Waals surface area contributed by atoms with Gasteiger partial charge < -0.3 is 5.32 Å². The van der Waals surface area contributed by atoms with E-state index in [4.69, 9.17) is 0 Å². The fourth-order valence-corrected chi connectivity index (χ4v) is 3.34. The molecular weight excluding hydrogens is 391 g/mol. The van der Waals surface area contributed by atoms with E-state index in [0.29, 0.717) is 5.75 Å². The molecule has 0 radical (unpaired) electrons. The number of nitrogens with one attached hydrogen (secondary N) is 1. The molecule has 7 heteroatoms. The van der Waals surface area contributed by atoms with Crippen LogP contribution in [0.4, 0.5) is 18.9 Å². The van der Waals surface area contributed by atoms with Gasteiger partial charge in [-0.05, 0) is 23.8 Å². The normalized spacial score (nSPS) is 11.3. The molecule has 0 aliphatic heterocycles. The molecule has 1 amide bonds. The zero-order valence-corrected chi connectivity index (χ0v) is 14.3. The molecule has 0 atom stereocenters. The average molecular weight is 404 g/mol. The second kappa shape index (κ2) is 7.88. The van der Waals surface area contributed by atoms with Crippen LogP contribution in [0.25, 0.3) is 0 Å². The predicted molar refractivity (Wildman–Crippen MR) is 90.4 cm³/mol. The van der Waals surface area contributed by atoms with Crippen molar-refractivity contribution in [3.8, 4) is 0 Å². The highest BCUT2D eigenvalue weighted by atomic mass is 79.9. The van der Waals surface area contributed by atoms with Gasteiger partial charge in [-0.3, -0.25) is 4.79 Å². The van der Waals surface area contributed by atoms with Crippen molar-refractivity contribution in [1.82, 2.24) is 0 Å². The average Bonchev–Trinajstić information content (AvgIpc) is 2.49. The molecule has 2 rings (SSSR count). The van der Waals surface area contributed by atoms with E-state index in [0.717, 1.165) is 16.1 Å². The number of amides is 1. The van der Waals surface area contributed by atoms with Crippen LogP contribution in [0, 0.1) is 0 Å². The Kier molecular flexibility index (Phi) is 6.12. The Morgan fingerprint density at radius 3 is 2.43 bits per heavy atom. The van der Waals surface area contributed by atoms with Crippen molar-refractivity contribution in [2.45, 2.75) is 11.9 Å². The molecule has 0 spiro atoms. The van der Waals surface area contributed by atoms with Crippen LogP contribution in [0.5, 0.6) is 0 Å². The minimum absolute atomic E-state index is 0.0769. The molecule has 0 aliphatic rings. The Bertz CT molecular complexity index is 691. The van der Waals surface area contributed by atoms with Crippen LogP contribution in [-0.2, 0) is 16.7 Å². The van der Waals surface area contributed by atoms with Gasteiger partial charge >= 0.3 is 6.18 Å². The maximum absolute atomic E-state index is 12.9. The van der Waals surface area contributed by atoms with Gasteiger partial charge in [-0.1, -0.05) is 46.3 Å². The first-order valence-corrected chi connectivity index (χ1v) is 8.60. The quantitative estimate of drug-likeness (QED) is 0.729. The minimum atomic E-state index is -4.49. The van der Waals surface area contributed by atoms with Crippen LogP contribution in [0.3, 0.4) is 0 Å². The Hall–Kier alpha value is -1.47. The SMILES string of the molecule is O=C(CSCc1ccccc1Br)Nc1ccccc1C(F)(F)F. The number of hydrogen-bond donors (Lipinski definition) is 1. The zero-order chi connectivity index (χ0) is 16.9. The van der Waals surface area contributed by atoms with E-state index in [1.165, 1.54) is 30.0 Å². The molecule has 0 saturated heterocycles. The third-order valence-corrected chi connectivity index (χ3v) is 4.71. The predicted octanol–water partition coefficient (Wildman–Crippen LogP) is 5.34. The molecule has 122 valence electrons. The molecule has 0 saturated carbocycles. The van der Waals surface area contributed by atoms with Crippen LogP contribution in [0.1, 0.15) is 11.1 Å². The molecule has 0 unspecified atom stereocenters. The first kappa shape index (κ1) is 17.9. The Balaban J connectivity index is 1.92. The number of benzene rings is 2. The third-order valence-electron chi connectivity index (χ3n) is 2.96. The van der Waals surface area contributed by atoms with E-state index in [2.05, 4.69) is 21.2 Å². The molecule has 1 N–H and O–H groups in total. The van der Waals surface area contributed by atoms with E-state index in [-0.39, 0.29) is 11.4 Å². The Labute approximate surface area is 144 Å². The Morgan fingerprint density at radius 1 is 1.09 bits per heavy atom. The maximum Gasteiger partial charge on any atom is 0.418 e. The number of alkyl halides is 3. The largest absolute Gasteiger partial charge is 0.418 e. The van der Waals surface area contributed by atoms with Crippen LogP contribution in [-0.4, -0.2) is 11.7 Å². The van der Waals surface area contributed by atoms with Gasteiger partial charge in [0.2, 0.25) is 5.91 Å². The molecule has 0 heterocycles. The fourth-order valence-electron chi connectivity index (χ4n) is 1.89. The minimum Gasteiger partial charge on any atom is -0.325 e. The summed E-state index contributed by atoms with van der Waals surface area (Å²) in [7, 11) is 0. The molecule has 0 aromatic heterocycles. The highest BCUT2D eigenvalue weighted by molar-refractivity contribution is 9.10. The number of halogens is 4. The summed E-state index contributed by atoms with van der Waals surface area (Å²) in [6.45, 7) is 0. The monoisotopic (exact) mass is 403 g/mol. The number of rotatable bonds is 5. The zero-order valence-electron chi connectivity index (χ0n) is 11.9. The van der Waals surface area contributed by atoms with Gasteiger partial charge in [-0.2, -0.15) is 13.2 Å². The van der Waals surface area contributed by atoms with Crippen molar-refractivity contribution in [2.24, 2.45) is 0 Å². The van der Waals surface area contributed by atoms with Crippen molar-refractivity contribution < 1.29 is 18.0 Å². The van der Waals surface area contributed by atoms with Gasteiger partial charge in [0.15, 0.2) is 0 Å². The van der Waals surface area contributed by atoms with Gasteiger partial charge in [0.05, 0.1) is 17.0 Å². The van der Waals surface area contributed by atoms with Crippen molar-refractivity contribution >= 4 is 39.3 Å². The molecular formula is C16H13BrF3NOS. The van der Waals surface area contributed by atoms with Gasteiger partial charge in [0.1, 0.15) is 0 Å². The molecule has 0 fully saturated rings. The second-order valence-corrected chi connectivity index (χ2v) is 6.52. The number of anilines is 1. The summed E-state index contributed by atoms with van der Waals surface area (Å²) >= 11 is 4.75. The highest BCUT2D eigenvalue weighted by Gasteiger charge is 2.33. The number of hydrogen-bond acceptors (Lipinski definition) is 2. The number of thioether (sulfide) groups is 1. The maximum atomic E-state index is 12.9. The summed E-state index contributed by atoms with van der Waals surface area (Å²) in [5.41, 5.74) is -0.0309. The molecule has 0 aliphatic carbocycles. The van der Waals surface area contributed by atoms with E-state index >= 15 is 0 Å². The van der Waals surface area contributed by atoms with Crippen LogP contribution in [0.2, 0.25) is 0 Å². The molecule has 0 bridgehead atoms. The summed E-state index contributed by atoms with van der Waals surface area (Å²) < 4.78 is 39.5. The number of carbonyl (C=O) groups is 1. The lowest BCUT2D eigenvalue weighted by Crippen LogP contribution is -2.18. The van der Waals surface area contributed by atoms with Crippen molar-refractivity contribution in [3.05, 3.63) is 64.1 Å². The van der Waals surface area contributed by atoms with Gasteiger partial charge in [0, 0.05) is 10.2 Å². The molecule has 23 heavy (non-hydrogen) atoms. The number of para-hydroxylation sites is 1. The van der Waals surface area contributed by atoms with E-state index in [1.807, 2.05) is 24.3 Å². The fraction of sp³-hybridized carbons (Fsp3) is 0.188. The summed E-state index contributed by atoms with van der Waals surface area (Å²) in [5, 5.41) is 2.33. The summed E-state index contributed by atoms with van der Waals surface area (Å²) in [5.74, 6) is 0.210. The van der Waals surface area contributed by atoms with E-state index < -0.39 is 17.6 Å². The van der Waals surface area contributed by atoms with Crippen LogP contribution < -0.4 is 5.32 Å². The first-order chi connectivity index (χ1) is 10.9. The lowest BCUT2D eigenvalue weighted by atomic mass is 10.1. The number of carbonyl (C=O) groups excluding carboxylic acids is 1. The summed E-state index contributed by atoms with van der Waals surface area (Å²) in [6.07, 6.45) is -4.49. The summed E-state index contributed by atoms with van der Waals surface area (Å²) in [4.78, 5) is 11.9. The van der Waals surface area contributed by atoms with Gasteiger partial charge in [-0.15, -0.1) is 11.8 Å².